The van der Waals surface area contributed by atoms with Crippen LogP contribution < -0.4 is 11.2 Å². The molecule has 0 unspecified atom stereocenters. The summed E-state index contributed by atoms with van der Waals surface area (Å²) in [7, 11) is 0. The smallest absolute Gasteiger partial charge is 0.328 e. The molecule has 1 aliphatic rings. The van der Waals surface area contributed by atoms with E-state index in [0.717, 1.165) is 10.6 Å². The zero-order valence-corrected chi connectivity index (χ0v) is 8.91. The molecule has 94 valence electrons. The zero-order valence-electron chi connectivity index (χ0n) is 8.91. The number of aliphatic hydroxyl groups is 2. The first kappa shape index (κ1) is 12.0. The number of nitrogens with one attached hydrogen (secondary N) is 1. The number of H-pyrrole nitrogens is 1. The minimum Gasteiger partial charge on any atom is -0.396 e. The summed E-state index contributed by atoms with van der Waals surface area (Å²) in [6, 6.07) is 0.288. The standard InChI is InChI=1S/C10H13FN2O4/c11-8-5(3-14)6(4-15)9(8)13-2-1-7(16)12-10(13)17/h1-2,5-6,8-9,14-15H,3-4H2,(H,12,16,17)/t5-,6-,8+,9+/m1/s1. The SMILES string of the molecule is O=c1ccn([C@@H]2[C@@H](F)[C@H](CO)[C@H]2CO)c(=O)[nH]1. The third kappa shape index (κ3) is 1.81. The number of nitrogens with zero attached hydrogens (tertiary/aromatic N) is 1. The zero-order chi connectivity index (χ0) is 12.6. The Hall–Kier alpha value is -1.47. The van der Waals surface area contributed by atoms with E-state index in [1.165, 1.54) is 6.20 Å². The molecule has 1 aromatic heterocycles. The summed E-state index contributed by atoms with van der Waals surface area (Å²) >= 11 is 0. The van der Waals surface area contributed by atoms with E-state index in [-0.39, 0.29) is 13.2 Å². The molecule has 1 aromatic rings. The van der Waals surface area contributed by atoms with Gasteiger partial charge < -0.3 is 10.2 Å². The lowest BCUT2D eigenvalue weighted by Gasteiger charge is -2.46. The summed E-state index contributed by atoms with van der Waals surface area (Å²) in [5.74, 6) is -1.18. The summed E-state index contributed by atoms with van der Waals surface area (Å²) in [5.41, 5.74) is -1.26. The van der Waals surface area contributed by atoms with Crippen molar-refractivity contribution < 1.29 is 14.6 Å². The van der Waals surface area contributed by atoms with Crippen molar-refractivity contribution in [1.29, 1.82) is 0 Å². The van der Waals surface area contributed by atoms with Crippen molar-refractivity contribution in [3.8, 4) is 0 Å². The average molecular weight is 244 g/mol. The Morgan fingerprint density at radius 1 is 1.29 bits per heavy atom. The first-order valence-electron chi connectivity index (χ1n) is 5.27. The van der Waals surface area contributed by atoms with Crippen LogP contribution in [0.5, 0.6) is 0 Å². The van der Waals surface area contributed by atoms with E-state index in [9.17, 15) is 14.0 Å². The summed E-state index contributed by atoms with van der Waals surface area (Å²) in [5, 5.41) is 18.1. The fourth-order valence-corrected chi connectivity index (χ4v) is 2.33. The van der Waals surface area contributed by atoms with Gasteiger partial charge in [-0.05, 0) is 0 Å². The highest BCUT2D eigenvalue weighted by molar-refractivity contribution is 5.03. The Morgan fingerprint density at radius 2 is 1.94 bits per heavy atom. The first-order valence-corrected chi connectivity index (χ1v) is 5.27. The monoisotopic (exact) mass is 244 g/mol. The van der Waals surface area contributed by atoms with Gasteiger partial charge >= 0.3 is 5.69 Å². The number of hydrogen-bond donors (Lipinski definition) is 3. The molecule has 2 rings (SSSR count). The lowest BCUT2D eigenvalue weighted by Crippen LogP contribution is -2.55. The number of aromatic nitrogens is 2. The van der Waals surface area contributed by atoms with Crippen molar-refractivity contribution >= 4 is 0 Å². The highest BCUT2D eigenvalue weighted by atomic mass is 19.1. The van der Waals surface area contributed by atoms with Gasteiger partial charge in [-0.2, -0.15) is 0 Å². The molecule has 1 heterocycles. The van der Waals surface area contributed by atoms with Crippen LogP contribution in [-0.2, 0) is 0 Å². The van der Waals surface area contributed by atoms with Crippen LogP contribution in [0.15, 0.2) is 21.9 Å². The van der Waals surface area contributed by atoms with E-state index in [4.69, 9.17) is 10.2 Å². The van der Waals surface area contributed by atoms with Gasteiger partial charge in [0.15, 0.2) is 0 Å². The van der Waals surface area contributed by atoms with Crippen LogP contribution in [0.4, 0.5) is 4.39 Å². The van der Waals surface area contributed by atoms with E-state index < -0.39 is 35.3 Å². The van der Waals surface area contributed by atoms with E-state index >= 15 is 0 Å². The molecule has 0 radical (unpaired) electrons. The minimum atomic E-state index is -1.40. The van der Waals surface area contributed by atoms with Gasteiger partial charge in [0.25, 0.3) is 5.56 Å². The van der Waals surface area contributed by atoms with Gasteiger partial charge in [0, 0.05) is 37.3 Å². The molecule has 17 heavy (non-hydrogen) atoms. The van der Waals surface area contributed by atoms with Crippen molar-refractivity contribution in [3.63, 3.8) is 0 Å². The van der Waals surface area contributed by atoms with Crippen LogP contribution >= 0.6 is 0 Å². The molecule has 1 saturated carbocycles. The van der Waals surface area contributed by atoms with E-state index in [1.54, 1.807) is 0 Å². The highest BCUT2D eigenvalue weighted by Gasteiger charge is 2.51. The number of halogens is 1. The number of hydrogen-bond acceptors (Lipinski definition) is 4. The molecule has 0 bridgehead atoms. The number of alkyl halides is 1. The summed E-state index contributed by atoms with van der Waals surface area (Å²) < 4.78 is 14.8. The first-order chi connectivity index (χ1) is 8.10. The van der Waals surface area contributed by atoms with Crippen LogP contribution in [-0.4, -0.2) is 39.1 Å². The maximum atomic E-state index is 13.7. The molecular formula is C10H13FN2O4. The van der Waals surface area contributed by atoms with Crippen molar-refractivity contribution in [2.24, 2.45) is 11.8 Å². The lowest BCUT2D eigenvalue weighted by atomic mass is 9.68. The largest absolute Gasteiger partial charge is 0.396 e. The summed E-state index contributed by atoms with van der Waals surface area (Å²) in [4.78, 5) is 24.4. The van der Waals surface area contributed by atoms with Gasteiger partial charge in [0.05, 0.1) is 6.04 Å². The molecule has 4 atom stereocenters. The molecule has 0 amide bonds. The molecule has 0 saturated heterocycles. The molecule has 3 N–H and O–H groups in total. The summed E-state index contributed by atoms with van der Waals surface area (Å²) in [6.07, 6.45) is -0.199. The van der Waals surface area contributed by atoms with E-state index in [1.807, 2.05) is 4.98 Å². The quantitative estimate of drug-likeness (QED) is 0.612. The molecule has 0 aliphatic heterocycles. The maximum absolute atomic E-state index is 13.7. The predicted molar refractivity (Wildman–Crippen MR) is 56.4 cm³/mol. The fourth-order valence-electron chi connectivity index (χ4n) is 2.33. The number of aliphatic hydroxyl groups excluding tert-OH is 2. The lowest BCUT2D eigenvalue weighted by molar-refractivity contribution is -0.0875. The third-order valence-electron chi connectivity index (χ3n) is 3.32. The van der Waals surface area contributed by atoms with Crippen molar-refractivity contribution in [2.45, 2.75) is 12.2 Å². The molecule has 0 aromatic carbocycles. The van der Waals surface area contributed by atoms with Crippen LogP contribution in [0.1, 0.15) is 6.04 Å². The molecule has 0 spiro atoms. The van der Waals surface area contributed by atoms with Gasteiger partial charge in [0.2, 0.25) is 0 Å². The van der Waals surface area contributed by atoms with Crippen LogP contribution in [0, 0.1) is 11.8 Å². The number of aromatic amines is 1. The normalized spacial score (nSPS) is 32.2. The van der Waals surface area contributed by atoms with Crippen molar-refractivity contribution in [3.05, 3.63) is 33.1 Å². The second-order valence-electron chi connectivity index (χ2n) is 4.15. The van der Waals surface area contributed by atoms with Gasteiger partial charge in [-0.1, -0.05) is 0 Å². The van der Waals surface area contributed by atoms with Gasteiger partial charge in [-0.15, -0.1) is 0 Å². The van der Waals surface area contributed by atoms with E-state index in [2.05, 4.69) is 0 Å². The molecular weight excluding hydrogens is 231 g/mol. The van der Waals surface area contributed by atoms with Crippen molar-refractivity contribution in [2.75, 3.05) is 13.2 Å². The Morgan fingerprint density at radius 3 is 2.47 bits per heavy atom. The van der Waals surface area contributed by atoms with Gasteiger partial charge in [-0.3, -0.25) is 14.3 Å². The van der Waals surface area contributed by atoms with Gasteiger partial charge in [0.1, 0.15) is 6.17 Å². The van der Waals surface area contributed by atoms with Crippen LogP contribution in [0.3, 0.4) is 0 Å². The maximum Gasteiger partial charge on any atom is 0.328 e. The van der Waals surface area contributed by atoms with Crippen molar-refractivity contribution in [1.82, 2.24) is 9.55 Å². The summed E-state index contributed by atoms with van der Waals surface area (Å²) in [6.45, 7) is -0.692. The molecule has 1 aliphatic carbocycles. The third-order valence-corrected chi connectivity index (χ3v) is 3.32. The molecule has 6 nitrogen and oxygen atoms in total. The Kier molecular flexibility index (Phi) is 3.12. The Labute approximate surface area is 95.3 Å². The van der Waals surface area contributed by atoms with Crippen LogP contribution in [0.25, 0.3) is 0 Å². The Bertz CT molecular complexity index is 512. The highest BCUT2D eigenvalue weighted by Crippen LogP contribution is 2.45. The Balaban J connectivity index is 2.34. The second kappa shape index (κ2) is 4.42. The molecule has 7 heteroatoms. The average Bonchev–Trinajstić information content (AvgIpc) is 2.29. The second-order valence-corrected chi connectivity index (χ2v) is 4.15. The minimum absolute atomic E-state index is 0.318. The fraction of sp³-hybridized carbons (Fsp3) is 0.600. The number of rotatable bonds is 3. The topological polar surface area (TPSA) is 95.3 Å². The predicted octanol–water partition coefficient (Wildman–Crippen LogP) is -1.35. The van der Waals surface area contributed by atoms with Gasteiger partial charge in [-0.25, -0.2) is 9.18 Å². The molecule has 1 fully saturated rings. The van der Waals surface area contributed by atoms with E-state index in [0.29, 0.717) is 0 Å². The van der Waals surface area contributed by atoms with Crippen LogP contribution in [0.2, 0.25) is 0 Å².